The fourth-order valence-electron chi connectivity index (χ4n) is 0.785. The molecular weight excluding hydrogens is 194 g/mol. The van der Waals surface area contributed by atoms with Gasteiger partial charge in [0.05, 0.1) is 12.8 Å². The van der Waals surface area contributed by atoms with Crippen molar-refractivity contribution in [2.75, 3.05) is 13.2 Å². The lowest BCUT2D eigenvalue weighted by Crippen LogP contribution is -2.21. The maximum Gasteiger partial charge on any atom is 0.137 e. The Hall–Kier alpha value is -1.13. The summed E-state index contributed by atoms with van der Waals surface area (Å²) in [6.45, 7) is 5.67. The van der Waals surface area contributed by atoms with Crippen LogP contribution in [0.1, 0.15) is 19.5 Å². The van der Waals surface area contributed by atoms with Gasteiger partial charge in [-0.05, 0) is 19.1 Å². The summed E-state index contributed by atoms with van der Waals surface area (Å²) in [6.07, 6.45) is 0.751. The van der Waals surface area contributed by atoms with E-state index in [9.17, 15) is 0 Å². The van der Waals surface area contributed by atoms with Crippen molar-refractivity contribution in [2.24, 2.45) is 0 Å². The monoisotopic (exact) mass is 213 g/mol. The molecule has 1 atom stereocenters. The Kier molecular flexibility index (Phi) is 7.58. The molecule has 86 valence electrons. The Morgan fingerprint density at radius 2 is 2.07 bits per heavy atom. The number of rotatable bonds is 4. The van der Waals surface area contributed by atoms with Crippen LogP contribution >= 0.6 is 0 Å². The van der Waals surface area contributed by atoms with Crippen LogP contribution in [-0.2, 0) is 0 Å². The normalized spacial score (nSPS) is 11.3. The number of pyridine rings is 1. The van der Waals surface area contributed by atoms with Gasteiger partial charge in [-0.1, -0.05) is 13.8 Å². The maximum atomic E-state index is 8.98. The van der Waals surface area contributed by atoms with Crippen LogP contribution in [0.2, 0.25) is 0 Å². The largest absolute Gasteiger partial charge is 0.489 e. The quantitative estimate of drug-likeness (QED) is 0.787. The summed E-state index contributed by atoms with van der Waals surface area (Å²) in [5.41, 5.74) is 0.912. The van der Waals surface area contributed by atoms with Crippen molar-refractivity contribution < 1.29 is 14.9 Å². The van der Waals surface area contributed by atoms with E-state index in [1.807, 2.05) is 26.8 Å². The van der Waals surface area contributed by atoms with Gasteiger partial charge < -0.3 is 14.9 Å². The minimum Gasteiger partial charge on any atom is -0.489 e. The first kappa shape index (κ1) is 13.9. The van der Waals surface area contributed by atoms with Crippen LogP contribution in [0.5, 0.6) is 5.75 Å². The summed E-state index contributed by atoms with van der Waals surface area (Å²) in [5.74, 6) is 0.595. The molecule has 0 spiro atoms. The fraction of sp³-hybridized carbons (Fsp3) is 0.545. The minimum atomic E-state index is -0.832. The van der Waals surface area contributed by atoms with E-state index in [1.165, 1.54) is 0 Å². The molecule has 15 heavy (non-hydrogen) atoms. The van der Waals surface area contributed by atoms with Gasteiger partial charge in [-0.15, -0.1) is 0 Å². The molecule has 0 amide bonds. The van der Waals surface area contributed by atoms with Gasteiger partial charge >= 0.3 is 0 Å². The van der Waals surface area contributed by atoms with Gasteiger partial charge in [0.2, 0.25) is 0 Å². The third kappa shape index (κ3) is 6.04. The summed E-state index contributed by atoms with van der Waals surface area (Å²) in [5, 5.41) is 17.5. The van der Waals surface area contributed by atoms with Crippen LogP contribution in [0.15, 0.2) is 18.3 Å². The highest BCUT2D eigenvalue weighted by Crippen LogP contribution is 2.08. The average molecular weight is 213 g/mol. The van der Waals surface area contributed by atoms with Crippen LogP contribution in [0.3, 0.4) is 0 Å². The molecule has 1 rings (SSSR count). The Morgan fingerprint density at radius 3 is 2.53 bits per heavy atom. The third-order valence-electron chi connectivity index (χ3n) is 1.54. The van der Waals surface area contributed by atoms with Crippen molar-refractivity contribution in [3.05, 3.63) is 24.0 Å². The molecule has 0 aliphatic heterocycles. The molecule has 0 radical (unpaired) electrons. The zero-order valence-electron chi connectivity index (χ0n) is 9.47. The molecule has 1 heterocycles. The Balaban J connectivity index is 0.000000921. The molecule has 0 bridgehead atoms. The van der Waals surface area contributed by atoms with Crippen LogP contribution in [0, 0.1) is 6.92 Å². The van der Waals surface area contributed by atoms with E-state index in [1.54, 1.807) is 12.3 Å². The zero-order valence-corrected chi connectivity index (χ0v) is 9.47. The first-order valence-corrected chi connectivity index (χ1v) is 5.06. The average Bonchev–Trinajstić information content (AvgIpc) is 2.30. The predicted molar refractivity (Wildman–Crippen MR) is 58.9 cm³/mol. The number of aliphatic hydroxyl groups is 2. The Morgan fingerprint density at radius 1 is 1.40 bits per heavy atom. The molecule has 0 saturated heterocycles. The molecule has 0 saturated carbocycles. The summed E-state index contributed by atoms with van der Waals surface area (Å²) in [7, 11) is 0. The first-order valence-electron chi connectivity index (χ1n) is 5.06. The molecule has 1 unspecified atom stereocenters. The van der Waals surface area contributed by atoms with Gasteiger partial charge in [-0.2, -0.15) is 0 Å². The van der Waals surface area contributed by atoms with E-state index in [-0.39, 0.29) is 13.2 Å². The summed E-state index contributed by atoms with van der Waals surface area (Å²) in [4.78, 5) is 4.01. The number of aliphatic hydroxyl groups excluding tert-OH is 2. The number of hydrogen-bond acceptors (Lipinski definition) is 4. The van der Waals surface area contributed by atoms with Crippen LogP contribution in [0.4, 0.5) is 0 Å². The van der Waals surface area contributed by atoms with Gasteiger partial charge in [0.1, 0.15) is 18.5 Å². The molecule has 0 fully saturated rings. The molecule has 0 aliphatic carbocycles. The highest BCUT2D eigenvalue weighted by atomic mass is 16.5. The van der Waals surface area contributed by atoms with Crippen molar-refractivity contribution >= 4 is 0 Å². The zero-order chi connectivity index (χ0) is 11.7. The second-order valence-corrected chi connectivity index (χ2v) is 2.78. The SMILES string of the molecule is CC.Cc1ccc(OCC(O)CO)cn1. The van der Waals surface area contributed by atoms with Crippen molar-refractivity contribution in [2.45, 2.75) is 26.9 Å². The van der Waals surface area contributed by atoms with Gasteiger partial charge in [-0.3, -0.25) is 4.98 Å². The van der Waals surface area contributed by atoms with Gasteiger partial charge in [0, 0.05) is 5.69 Å². The van der Waals surface area contributed by atoms with Crippen LogP contribution in [0.25, 0.3) is 0 Å². The minimum absolute atomic E-state index is 0.0846. The Bertz CT molecular complexity index is 249. The molecule has 0 aliphatic rings. The number of aromatic nitrogens is 1. The number of ether oxygens (including phenoxy) is 1. The second-order valence-electron chi connectivity index (χ2n) is 2.78. The molecular formula is C11H19NO3. The molecule has 4 nitrogen and oxygen atoms in total. The molecule has 4 heteroatoms. The van der Waals surface area contributed by atoms with E-state index < -0.39 is 6.10 Å². The molecule has 2 N–H and O–H groups in total. The van der Waals surface area contributed by atoms with Crippen molar-refractivity contribution in [1.82, 2.24) is 4.98 Å². The van der Waals surface area contributed by atoms with Gasteiger partial charge in [0.25, 0.3) is 0 Å². The van der Waals surface area contributed by atoms with Crippen molar-refractivity contribution in [3.8, 4) is 5.75 Å². The molecule has 0 aromatic carbocycles. The highest BCUT2D eigenvalue weighted by Gasteiger charge is 2.02. The molecule has 1 aromatic rings. The summed E-state index contributed by atoms with van der Waals surface area (Å²) < 4.78 is 5.14. The van der Waals surface area contributed by atoms with E-state index in [2.05, 4.69) is 4.98 Å². The smallest absolute Gasteiger partial charge is 0.137 e. The maximum absolute atomic E-state index is 8.98. The van der Waals surface area contributed by atoms with Gasteiger partial charge in [0.15, 0.2) is 0 Å². The fourth-order valence-corrected chi connectivity index (χ4v) is 0.785. The standard InChI is InChI=1S/C9H13NO3.C2H6/c1-7-2-3-9(4-10-7)13-6-8(12)5-11;1-2/h2-4,8,11-12H,5-6H2,1H3;1-2H3. The number of hydrogen-bond donors (Lipinski definition) is 2. The summed E-state index contributed by atoms with van der Waals surface area (Å²) >= 11 is 0. The number of nitrogens with zero attached hydrogens (tertiary/aromatic N) is 1. The first-order chi connectivity index (χ1) is 7.22. The lowest BCUT2D eigenvalue weighted by Gasteiger charge is -2.09. The van der Waals surface area contributed by atoms with Crippen molar-refractivity contribution in [1.29, 1.82) is 0 Å². The second kappa shape index (κ2) is 8.20. The van der Waals surface area contributed by atoms with Crippen LogP contribution in [-0.4, -0.2) is 34.5 Å². The Labute approximate surface area is 90.5 Å². The van der Waals surface area contributed by atoms with Crippen LogP contribution < -0.4 is 4.74 Å². The topological polar surface area (TPSA) is 62.6 Å². The predicted octanol–water partition coefficient (Wildman–Crippen LogP) is 1.15. The third-order valence-corrected chi connectivity index (χ3v) is 1.54. The summed E-state index contributed by atoms with van der Waals surface area (Å²) in [6, 6.07) is 3.59. The van der Waals surface area contributed by atoms with E-state index >= 15 is 0 Å². The highest BCUT2D eigenvalue weighted by molar-refractivity contribution is 5.18. The van der Waals surface area contributed by atoms with Gasteiger partial charge in [-0.25, -0.2) is 0 Å². The van der Waals surface area contributed by atoms with E-state index in [0.717, 1.165) is 5.69 Å². The van der Waals surface area contributed by atoms with Crippen molar-refractivity contribution in [3.63, 3.8) is 0 Å². The van der Waals surface area contributed by atoms with E-state index in [0.29, 0.717) is 5.75 Å². The van der Waals surface area contributed by atoms with E-state index in [4.69, 9.17) is 14.9 Å². The lowest BCUT2D eigenvalue weighted by molar-refractivity contribution is 0.0535. The lowest BCUT2D eigenvalue weighted by atomic mass is 10.3. The molecule has 1 aromatic heterocycles. The number of aryl methyl sites for hydroxylation is 1.